The summed E-state index contributed by atoms with van der Waals surface area (Å²) in [5, 5.41) is 0. The number of guanidine groups is 2. The number of aliphatic imine (C=N–C) groups is 2. The first-order valence-corrected chi connectivity index (χ1v) is 7.00. The maximum atomic E-state index is 6.02. The predicted octanol–water partition coefficient (Wildman–Crippen LogP) is 1.65. The van der Waals surface area contributed by atoms with Crippen LogP contribution in [0.5, 0.6) is 11.5 Å². The van der Waals surface area contributed by atoms with Crippen LogP contribution >= 0.6 is 15.9 Å². The summed E-state index contributed by atoms with van der Waals surface area (Å²) in [7, 11) is 3.15. The van der Waals surface area contributed by atoms with Gasteiger partial charge in [0.2, 0.25) is 11.9 Å². The highest BCUT2D eigenvalue weighted by molar-refractivity contribution is 9.10. The van der Waals surface area contributed by atoms with Gasteiger partial charge >= 0.3 is 0 Å². The van der Waals surface area contributed by atoms with Gasteiger partial charge in [-0.3, -0.25) is 4.90 Å². The molecule has 1 aliphatic rings. The van der Waals surface area contributed by atoms with Gasteiger partial charge in [-0.1, -0.05) is 0 Å². The van der Waals surface area contributed by atoms with Crippen LogP contribution in [0, 0.1) is 0 Å². The molecule has 0 radical (unpaired) electrons. The summed E-state index contributed by atoms with van der Waals surface area (Å²) in [5.41, 5.74) is 11.8. The van der Waals surface area contributed by atoms with Crippen molar-refractivity contribution in [2.45, 2.75) is 19.5 Å². The van der Waals surface area contributed by atoms with Gasteiger partial charge in [-0.25, -0.2) is 4.99 Å². The second-order valence-electron chi connectivity index (χ2n) is 4.93. The van der Waals surface area contributed by atoms with Gasteiger partial charge in [0, 0.05) is 6.07 Å². The molecule has 0 bridgehead atoms. The van der Waals surface area contributed by atoms with E-state index in [1.165, 1.54) is 0 Å². The van der Waals surface area contributed by atoms with Gasteiger partial charge in [-0.15, -0.1) is 0 Å². The summed E-state index contributed by atoms with van der Waals surface area (Å²) in [4.78, 5) is 10.1. The molecule has 1 aromatic rings. The van der Waals surface area contributed by atoms with Crippen LogP contribution in [-0.2, 0) is 0 Å². The third kappa shape index (κ3) is 2.76. The van der Waals surface area contributed by atoms with E-state index in [2.05, 4.69) is 25.9 Å². The predicted molar refractivity (Wildman–Crippen MR) is 87.0 cm³/mol. The maximum absolute atomic E-state index is 6.02. The molecule has 0 saturated heterocycles. The number of ether oxygens (including phenoxy) is 2. The molecule has 114 valence electrons. The van der Waals surface area contributed by atoms with E-state index in [1.54, 1.807) is 19.1 Å². The Labute approximate surface area is 131 Å². The van der Waals surface area contributed by atoms with Crippen LogP contribution in [0.15, 0.2) is 26.6 Å². The zero-order valence-electron chi connectivity index (χ0n) is 12.3. The first kappa shape index (κ1) is 15.4. The van der Waals surface area contributed by atoms with Crippen molar-refractivity contribution in [3.8, 4) is 11.5 Å². The van der Waals surface area contributed by atoms with Crippen LogP contribution < -0.4 is 25.8 Å². The van der Waals surface area contributed by atoms with Crippen LogP contribution in [0.3, 0.4) is 0 Å². The average Bonchev–Trinajstić information content (AvgIpc) is 2.35. The zero-order valence-corrected chi connectivity index (χ0v) is 13.9. The standard InChI is InChI=1S/C13H18BrN5O2/c1-13(2)18-11(15)17-12(16)19(13)7-5-8(14)10(21-4)9(6-7)20-3/h5-6H,1-4H3,(H4,15,16,17,18). The number of nitrogens with zero attached hydrogens (tertiary/aromatic N) is 3. The number of methoxy groups -OCH3 is 2. The minimum atomic E-state index is -0.658. The lowest BCUT2D eigenvalue weighted by molar-refractivity contribution is 0.353. The van der Waals surface area contributed by atoms with Gasteiger partial charge < -0.3 is 20.9 Å². The summed E-state index contributed by atoms with van der Waals surface area (Å²) < 4.78 is 11.4. The minimum Gasteiger partial charge on any atom is -0.493 e. The second kappa shape index (κ2) is 5.44. The molecule has 0 spiro atoms. The fourth-order valence-corrected chi connectivity index (χ4v) is 2.88. The highest BCUT2D eigenvalue weighted by Gasteiger charge is 2.33. The van der Waals surface area contributed by atoms with Gasteiger partial charge in [0.15, 0.2) is 11.5 Å². The molecule has 4 N–H and O–H groups in total. The fourth-order valence-electron chi connectivity index (χ4n) is 2.28. The second-order valence-corrected chi connectivity index (χ2v) is 5.79. The molecule has 0 saturated carbocycles. The summed E-state index contributed by atoms with van der Waals surface area (Å²) in [6.45, 7) is 3.79. The molecule has 0 amide bonds. The van der Waals surface area contributed by atoms with Crippen molar-refractivity contribution in [1.82, 2.24) is 0 Å². The van der Waals surface area contributed by atoms with E-state index in [0.29, 0.717) is 11.5 Å². The van der Waals surface area contributed by atoms with Crippen molar-refractivity contribution in [3.05, 3.63) is 16.6 Å². The molecular formula is C13H18BrN5O2. The van der Waals surface area contributed by atoms with E-state index < -0.39 is 5.66 Å². The molecule has 0 atom stereocenters. The van der Waals surface area contributed by atoms with Crippen LogP contribution in [0.4, 0.5) is 5.69 Å². The molecule has 7 nitrogen and oxygen atoms in total. The van der Waals surface area contributed by atoms with Crippen molar-refractivity contribution < 1.29 is 9.47 Å². The molecule has 2 rings (SSSR count). The average molecular weight is 356 g/mol. The molecule has 0 aliphatic carbocycles. The zero-order chi connectivity index (χ0) is 15.8. The first-order valence-electron chi connectivity index (χ1n) is 6.21. The van der Waals surface area contributed by atoms with E-state index in [4.69, 9.17) is 20.9 Å². The summed E-state index contributed by atoms with van der Waals surface area (Å²) in [5.74, 6) is 1.61. The van der Waals surface area contributed by atoms with Crippen LogP contribution in [0.1, 0.15) is 13.8 Å². The third-order valence-corrected chi connectivity index (χ3v) is 3.66. The third-order valence-electron chi connectivity index (χ3n) is 3.07. The normalized spacial score (nSPS) is 17.1. The lowest BCUT2D eigenvalue weighted by Gasteiger charge is -2.38. The lowest BCUT2D eigenvalue weighted by Crippen LogP contribution is -2.54. The molecule has 0 aromatic heterocycles. The Balaban J connectivity index is 2.57. The SMILES string of the molecule is COc1cc(N2C(N)=NC(N)=NC2(C)C)cc(Br)c1OC. The minimum absolute atomic E-state index is 0.160. The first-order chi connectivity index (χ1) is 9.80. The van der Waals surface area contributed by atoms with Gasteiger partial charge in [0.05, 0.1) is 24.4 Å². The van der Waals surface area contributed by atoms with Crippen molar-refractivity contribution in [3.63, 3.8) is 0 Å². The lowest BCUT2D eigenvalue weighted by atomic mass is 10.1. The van der Waals surface area contributed by atoms with E-state index >= 15 is 0 Å². The monoisotopic (exact) mass is 355 g/mol. The number of nitrogens with two attached hydrogens (primary N) is 2. The van der Waals surface area contributed by atoms with Gasteiger partial charge in [-0.2, -0.15) is 4.99 Å². The number of rotatable bonds is 3. The Bertz CT molecular complexity index is 627. The Morgan fingerprint density at radius 2 is 1.86 bits per heavy atom. The van der Waals surface area contributed by atoms with Gasteiger partial charge in [0.25, 0.3) is 0 Å². The molecule has 1 heterocycles. The maximum Gasteiger partial charge on any atom is 0.220 e. The highest BCUT2D eigenvalue weighted by Crippen LogP contribution is 2.41. The van der Waals surface area contributed by atoms with E-state index in [1.807, 2.05) is 26.0 Å². The molecule has 0 fully saturated rings. The molecular weight excluding hydrogens is 338 g/mol. The molecule has 0 unspecified atom stereocenters. The molecule has 1 aromatic carbocycles. The van der Waals surface area contributed by atoms with Crippen LogP contribution in [-0.4, -0.2) is 31.8 Å². The highest BCUT2D eigenvalue weighted by atomic mass is 79.9. The van der Waals surface area contributed by atoms with Gasteiger partial charge in [-0.05, 0) is 35.8 Å². The van der Waals surface area contributed by atoms with Crippen molar-refractivity contribution >= 4 is 33.5 Å². The van der Waals surface area contributed by atoms with Crippen molar-refractivity contribution in [2.75, 3.05) is 19.1 Å². The molecule has 21 heavy (non-hydrogen) atoms. The number of anilines is 1. The van der Waals surface area contributed by atoms with E-state index in [0.717, 1.165) is 10.2 Å². The summed E-state index contributed by atoms with van der Waals surface area (Å²) in [6, 6.07) is 3.67. The molecule has 1 aliphatic heterocycles. The van der Waals surface area contributed by atoms with E-state index in [9.17, 15) is 0 Å². The van der Waals surface area contributed by atoms with Crippen LogP contribution in [0.25, 0.3) is 0 Å². The fraction of sp³-hybridized carbons (Fsp3) is 0.385. The Morgan fingerprint density at radius 3 is 2.38 bits per heavy atom. The number of halogens is 1. The number of benzene rings is 1. The Hall–Kier alpha value is -1.96. The quantitative estimate of drug-likeness (QED) is 0.858. The summed E-state index contributed by atoms with van der Waals surface area (Å²) >= 11 is 3.46. The topological polar surface area (TPSA) is 98.5 Å². The molecule has 8 heteroatoms. The van der Waals surface area contributed by atoms with E-state index in [-0.39, 0.29) is 11.9 Å². The number of hydrogen-bond donors (Lipinski definition) is 2. The Morgan fingerprint density at radius 1 is 1.19 bits per heavy atom. The smallest absolute Gasteiger partial charge is 0.220 e. The summed E-state index contributed by atoms with van der Waals surface area (Å²) in [6.07, 6.45) is 0. The van der Waals surface area contributed by atoms with Crippen molar-refractivity contribution in [1.29, 1.82) is 0 Å². The van der Waals surface area contributed by atoms with Gasteiger partial charge in [0.1, 0.15) is 5.66 Å². The van der Waals surface area contributed by atoms with Crippen molar-refractivity contribution in [2.24, 2.45) is 21.5 Å². The van der Waals surface area contributed by atoms with Crippen LogP contribution in [0.2, 0.25) is 0 Å². The number of hydrogen-bond acceptors (Lipinski definition) is 7. The largest absolute Gasteiger partial charge is 0.493 e. The Kier molecular flexibility index (Phi) is 3.99.